The Morgan fingerprint density at radius 1 is 1.28 bits per heavy atom. The Kier molecular flexibility index (Phi) is 7.47. The largest absolute Gasteiger partial charge is 0.497 e. The molecule has 6 heteroatoms. The lowest BCUT2D eigenvalue weighted by molar-refractivity contribution is -0.129. The average molecular weight is 345 g/mol. The Hall–Kier alpha value is -2.34. The second kappa shape index (κ2) is 9.84. The fourth-order valence-electron chi connectivity index (χ4n) is 2.74. The topological polar surface area (TPSA) is 83.5 Å². The van der Waals surface area contributed by atoms with E-state index in [4.69, 9.17) is 9.94 Å². The molecule has 0 bridgehead atoms. The van der Waals surface area contributed by atoms with E-state index in [1.54, 1.807) is 12.6 Å². The summed E-state index contributed by atoms with van der Waals surface area (Å²) in [6, 6.07) is 7.94. The third-order valence-corrected chi connectivity index (χ3v) is 4.27. The highest BCUT2D eigenvalue weighted by Gasteiger charge is 2.05. The first kappa shape index (κ1) is 19.0. The fourth-order valence-corrected chi connectivity index (χ4v) is 2.74. The number of hydrogen-bond donors (Lipinski definition) is 3. The lowest BCUT2D eigenvalue weighted by Crippen LogP contribution is -2.17. The van der Waals surface area contributed by atoms with Gasteiger partial charge in [0.25, 0.3) is 0 Å². The molecule has 1 aromatic carbocycles. The molecule has 0 aliphatic heterocycles. The number of anilines is 1. The minimum absolute atomic E-state index is 0.310. The highest BCUT2D eigenvalue weighted by Crippen LogP contribution is 2.22. The molecule has 0 aliphatic rings. The number of fused-ring (bicyclic) bond motifs is 1. The first-order valence-electron chi connectivity index (χ1n) is 8.73. The number of hydrogen-bond acceptors (Lipinski definition) is 5. The van der Waals surface area contributed by atoms with Gasteiger partial charge in [-0.05, 0) is 43.0 Å². The van der Waals surface area contributed by atoms with E-state index in [1.165, 1.54) is 0 Å². The second-order valence-corrected chi connectivity index (χ2v) is 6.40. The maximum atomic E-state index is 10.9. The average Bonchev–Trinajstić information content (AvgIpc) is 2.65. The van der Waals surface area contributed by atoms with Crippen LogP contribution in [0, 0.1) is 5.92 Å². The van der Waals surface area contributed by atoms with Gasteiger partial charge in [-0.1, -0.05) is 19.8 Å². The zero-order valence-corrected chi connectivity index (χ0v) is 14.9. The number of hydroxylamine groups is 1. The molecule has 0 fully saturated rings. The second-order valence-electron chi connectivity index (χ2n) is 6.40. The van der Waals surface area contributed by atoms with Crippen molar-refractivity contribution in [1.82, 2.24) is 10.5 Å². The molecule has 0 spiro atoms. The maximum absolute atomic E-state index is 10.9. The summed E-state index contributed by atoms with van der Waals surface area (Å²) in [5.41, 5.74) is 3.62. The summed E-state index contributed by atoms with van der Waals surface area (Å²) in [4.78, 5) is 15.4. The van der Waals surface area contributed by atoms with Crippen molar-refractivity contribution in [2.45, 2.75) is 39.0 Å². The third-order valence-electron chi connectivity index (χ3n) is 4.27. The van der Waals surface area contributed by atoms with Crippen LogP contribution in [0.4, 0.5) is 5.69 Å². The molecule has 0 aliphatic carbocycles. The van der Waals surface area contributed by atoms with Crippen LogP contribution >= 0.6 is 0 Å². The number of unbranched alkanes of at least 4 members (excludes halogenated alkanes) is 2. The Labute approximate surface area is 148 Å². The summed E-state index contributed by atoms with van der Waals surface area (Å²) in [6.45, 7) is 3.10. The van der Waals surface area contributed by atoms with Crippen LogP contribution in [0.15, 0.2) is 30.5 Å². The van der Waals surface area contributed by atoms with Crippen molar-refractivity contribution in [3.05, 3.63) is 30.5 Å². The van der Waals surface area contributed by atoms with Crippen molar-refractivity contribution in [1.29, 1.82) is 0 Å². The number of nitrogens with zero attached hydrogens (tertiary/aromatic N) is 1. The van der Waals surface area contributed by atoms with E-state index in [1.807, 2.05) is 24.4 Å². The molecule has 1 aromatic heterocycles. The number of pyridine rings is 1. The minimum Gasteiger partial charge on any atom is -0.497 e. The molecule has 1 atom stereocenters. The van der Waals surface area contributed by atoms with Gasteiger partial charge >= 0.3 is 0 Å². The zero-order valence-electron chi connectivity index (χ0n) is 14.9. The summed E-state index contributed by atoms with van der Waals surface area (Å²) in [5, 5.41) is 12.9. The van der Waals surface area contributed by atoms with Crippen LogP contribution in [0.3, 0.4) is 0 Å². The van der Waals surface area contributed by atoms with Crippen LogP contribution in [-0.2, 0) is 4.79 Å². The zero-order chi connectivity index (χ0) is 18.1. The molecule has 2 rings (SSSR count). The van der Waals surface area contributed by atoms with Crippen LogP contribution in [0.25, 0.3) is 10.9 Å². The van der Waals surface area contributed by atoms with E-state index in [-0.39, 0.29) is 5.91 Å². The predicted octanol–water partition coefficient (Wildman–Crippen LogP) is 3.75. The highest BCUT2D eigenvalue weighted by atomic mass is 16.5. The molecule has 1 heterocycles. The van der Waals surface area contributed by atoms with Gasteiger partial charge in [-0.15, -0.1) is 0 Å². The number of carbonyl (C=O) groups is 1. The summed E-state index contributed by atoms with van der Waals surface area (Å²) in [6.07, 6.45) is 6.22. The molecular formula is C19H27N3O3. The molecule has 136 valence electrons. The highest BCUT2D eigenvalue weighted by molar-refractivity contribution is 5.83. The van der Waals surface area contributed by atoms with Gasteiger partial charge in [-0.25, -0.2) is 5.48 Å². The maximum Gasteiger partial charge on any atom is 0.243 e. The first-order valence-corrected chi connectivity index (χ1v) is 8.73. The lowest BCUT2D eigenvalue weighted by Gasteiger charge is -2.14. The molecule has 2 aromatic rings. The third kappa shape index (κ3) is 6.23. The summed E-state index contributed by atoms with van der Waals surface area (Å²) < 4.78 is 5.26. The Bertz CT molecular complexity index is 691. The number of nitrogens with one attached hydrogen (secondary N) is 2. The van der Waals surface area contributed by atoms with Crippen molar-refractivity contribution in [2.75, 3.05) is 19.0 Å². The van der Waals surface area contributed by atoms with Gasteiger partial charge in [0.1, 0.15) is 5.75 Å². The predicted molar refractivity (Wildman–Crippen MR) is 99.0 cm³/mol. The molecule has 1 amide bonds. The number of carbonyl (C=O) groups excluding carboxylic acids is 1. The standard InChI is InChI=1S/C19H27N3O3/c1-14(6-4-3-5-7-19(23)22-24)12-20-16-10-15-11-17(25-2)8-9-18(15)21-13-16/h8-11,13-14,20,24H,3-7,12H2,1-2H3,(H,22,23). The van der Waals surface area contributed by atoms with Gasteiger partial charge in [-0.2, -0.15) is 0 Å². The lowest BCUT2D eigenvalue weighted by atomic mass is 10.0. The van der Waals surface area contributed by atoms with Crippen LogP contribution in [0.2, 0.25) is 0 Å². The van der Waals surface area contributed by atoms with E-state index < -0.39 is 0 Å². The SMILES string of the molecule is COc1ccc2ncc(NCC(C)CCCCCC(=O)NO)cc2c1. The van der Waals surface area contributed by atoms with E-state index in [2.05, 4.69) is 23.3 Å². The van der Waals surface area contributed by atoms with Crippen LogP contribution in [0.5, 0.6) is 5.75 Å². The number of methoxy groups -OCH3 is 1. The molecule has 25 heavy (non-hydrogen) atoms. The normalized spacial score (nSPS) is 12.0. The number of amides is 1. The number of aromatic nitrogens is 1. The van der Waals surface area contributed by atoms with Gasteiger partial charge in [0.15, 0.2) is 0 Å². The van der Waals surface area contributed by atoms with Gasteiger partial charge in [0.2, 0.25) is 5.91 Å². The molecule has 0 radical (unpaired) electrons. The van der Waals surface area contributed by atoms with Gasteiger partial charge in [0, 0.05) is 18.4 Å². The van der Waals surface area contributed by atoms with E-state index >= 15 is 0 Å². The number of ether oxygens (including phenoxy) is 1. The van der Waals surface area contributed by atoms with Crippen molar-refractivity contribution in [3.63, 3.8) is 0 Å². The molecule has 1 unspecified atom stereocenters. The van der Waals surface area contributed by atoms with Crippen molar-refractivity contribution >= 4 is 22.5 Å². The number of rotatable bonds is 10. The Morgan fingerprint density at radius 2 is 2.12 bits per heavy atom. The quantitative estimate of drug-likeness (QED) is 0.347. The minimum atomic E-state index is -0.310. The van der Waals surface area contributed by atoms with Crippen molar-refractivity contribution < 1.29 is 14.7 Å². The van der Waals surface area contributed by atoms with E-state index in [9.17, 15) is 4.79 Å². The van der Waals surface area contributed by atoms with Gasteiger partial charge in [-0.3, -0.25) is 15.0 Å². The summed E-state index contributed by atoms with van der Waals surface area (Å²) in [7, 11) is 1.66. The molecule has 0 saturated heterocycles. The summed E-state index contributed by atoms with van der Waals surface area (Å²) in [5.74, 6) is 1.05. The van der Waals surface area contributed by atoms with Crippen LogP contribution in [0.1, 0.15) is 39.0 Å². The van der Waals surface area contributed by atoms with Crippen molar-refractivity contribution in [3.8, 4) is 5.75 Å². The van der Waals surface area contributed by atoms with E-state index in [0.717, 1.165) is 54.6 Å². The number of benzene rings is 1. The smallest absolute Gasteiger partial charge is 0.243 e. The molecular weight excluding hydrogens is 318 g/mol. The van der Waals surface area contributed by atoms with Gasteiger partial charge < -0.3 is 10.1 Å². The first-order chi connectivity index (χ1) is 12.1. The summed E-state index contributed by atoms with van der Waals surface area (Å²) >= 11 is 0. The monoisotopic (exact) mass is 345 g/mol. The van der Waals surface area contributed by atoms with Crippen LogP contribution < -0.4 is 15.5 Å². The van der Waals surface area contributed by atoms with Crippen LogP contribution in [-0.4, -0.2) is 29.8 Å². The fraction of sp³-hybridized carbons (Fsp3) is 0.474. The molecule has 6 nitrogen and oxygen atoms in total. The Morgan fingerprint density at radius 3 is 2.88 bits per heavy atom. The molecule has 0 saturated carbocycles. The van der Waals surface area contributed by atoms with Crippen molar-refractivity contribution in [2.24, 2.45) is 5.92 Å². The Balaban J connectivity index is 1.74. The molecule has 3 N–H and O–H groups in total. The van der Waals surface area contributed by atoms with Gasteiger partial charge in [0.05, 0.1) is 24.5 Å². The van der Waals surface area contributed by atoms with E-state index in [0.29, 0.717) is 12.3 Å².